The predicted molar refractivity (Wildman–Crippen MR) is 123 cm³/mol. The Balaban J connectivity index is 0.00000261. The van der Waals surface area contributed by atoms with E-state index in [4.69, 9.17) is 4.74 Å². The Morgan fingerprint density at radius 2 is 1.70 bits per heavy atom. The van der Waals surface area contributed by atoms with E-state index < -0.39 is 0 Å². The summed E-state index contributed by atoms with van der Waals surface area (Å²) in [6.07, 6.45) is 2.41. The molecule has 0 atom stereocenters. The van der Waals surface area contributed by atoms with Gasteiger partial charge in [-0.15, -0.1) is 24.0 Å². The number of rotatable bonds is 6. The number of hydrogen-bond donors (Lipinski definition) is 1. The van der Waals surface area contributed by atoms with Gasteiger partial charge in [-0.05, 0) is 31.5 Å². The zero-order valence-corrected chi connectivity index (χ0v) is 18.8. The molecular formula is C20H34IN5O. The van der Waals surface area contributed by atoms with Crippen LogP contribution in [0.5, 0.6) is 0 Å². The summed E-state index contributed by atoms with van der Waals surface area (Å²) >= 11 is 0. The number of hydrogen-bond acceptors (Lipinski definition) is 4. The first-order chi connectivity index (χ1) is 12.9. The van der Waals surface area contributed by atoms with Crippen molar-refractivity contribution in [2.45, 2.75) is 12.8 Å². The fourth-order valence-corrected chi connectivity index (χ4v) is 3.63. The van der Waals surface area contributed by atoms with Crippen LogP contribution in [0.1, 0.15) is 12.8 Å². The first-order valence-corrected chi connectivity index (χ1v) is 9.92. The number of piperazine rings is 1. The molecule has 1 N–H and O–H groups in total. The summed E-state index contributed by atoms with van der Waals surface area (Å²) in [6.45, 7) is 10.2. The lowest BCUT2D eigenvalue weighted by Gasteiger charge is -2.37. The molecule has 2 saturated heterocycles. The summed E-state index contributed by atoms with van der Waals surface area (Å²) in [5.41, 5.74) is 1.32. The number of nitrogens with one attached hydrogen (secondary N) is 1. The molecular weight excluding hydrogens is 453 g/mol. The third-order valence-electron chi connectivity index (χ3n) is 5.20. The van der Waals surface area contributed by atoms with Crippen LogP contribution in [0.3, 0.4) is 0 Å². The average molecular weight is 487 g/mol. The van der Waals surface area contributed by atoms with Crippen LogP contribution in [-0.4, -0.2) is 88.4 Å². The van der Waals surface area contributed by atoms with E-state index in [2.05, 4.69) is 55.3 Å². The first kappa shape index (κ1) is 22.2. The largest absolute Gasteiger partial charge is 0.379 e. The highest BCUT2D eigenvalue weighted by atomic mass is 127. The summed E-state index contributed by atoms with van der Waals surface area (Å²) in [6, 6.07) is 10.7. The Bertz CT molecular complexity index is 543. The van der Waals surface area contributed by atoms with Crippen LogP contribution in [0.4, 0.5) is 5.69 Å². The molecule has 2 aliphatic heterocycles. The number of aliphatic imine (C=N–C) groups is 1. The van der Waals surface area contributed by atoms with Crippen LogP contribution in [-0.2, 0) is 4.74 Å². The lowest BCUT2D eigenvalue weighted by molar-refractivity contribution is 0.0372. The van der Waals surface area contributed by atoms with E-state index in [-0.39, 0.29) is 24.0 Å². The van der Waals surface area contributed by atoms with Crippen molar-refractivity contribution >= 4 is 35.6 Å². The molecule has 0 bridgehead atoms. The molecule has 0 aliphatic carbocycles. The molecule has 2 heterocycles. The molecule has 3 rings (SSSR count). The minimum absolute atomic E-state index is 0. The van der Waals surface area contributed by atoms with Gasteiger partial charge in [0.2, 0.25) is 0 Å². The summed E-state index contributed by atoms with van der Waals surface area (Å²) in [5, 5.41) is 3.55. The highest BCUT2D eigenvalue weighted by Gasteiger charge is 2.19. The van der Waals surface area contributed by atoms with E-state index in [9.17, 15) is 0 Å². The Morgan fingerprint density at radius 1 is 1.00 bits per heavy atom. The number of guanidine groups is 1. The van der Waals surface area contributed by atoms with Crippen molar-refractivity contribution in [2.75, 3.05) is 77.5 Å². The Morgan fingerprint density at radius 3 is 2.37 bits per heavy atom. The third kappa shape index (κ3) is 7.12. The normalized spacial score (nSPS) is 18.9. The summed E-state index contributed by atoms with van der Waals surface area (Å²) in [5.74, 6) is 1.05. The van der Waals surface area contributed by atoms with Crippen molar-refractivity contribution in [3.8, 4) is 0 Å². The van der Waals surface area contributed by atoms with Crippen LogP contribution in [0.25, 0.3) is 0 Å². The van der Waals surface area contributed by atoms with Gasteiger partial charge in [0, 0.05) is 58.5 Å². The van der Waals surface area contributed by atoms with Gasteiger partial charge in [-0.3, -0.25) is 9.89 Å². The van der Waals surface area contributed by atoms with E-state index in [0.29, 0.717) is 0 Å². The quantitative estimate of drug-likeness (QED) is 0.288. The minimum atomic E-state index is 0. The Labute approximate surface area is 181 Å². The molecule has 152 valence electrons. The van der Waals surface area contributed by atoms with Crippen LogP contribution in [0, 0.1) is 0 Å². The number of unbranched alkanes of at least 4 members (excludes halogenated alkanes) is 1. The maximum absolute atomic E-state index is 5.40. The van der Waals surface area contributed by atoms with E-state index in [1.807, 2.05) is 7.05 Å². The molecule has 0 spiro atoms. The average Bonchev–Trinajstić information content (AvgIpc) is 2.72. The highest BCUT2D eigenvalue weighted by molar-refractivity contribution is 14.0. The fraction of sp³-hybridized carbons (Fsp3) is 0.650. The smallest absolute Gasteiger partial charge is 0.193 e. The fourth-order valence-electron chi connectivity index (χ4n) is 3.63. The molecule has 0 radical (unpaired) electrons. The zero-order valence-electron chi connectivity index (χ0n) is 16.5. The number of benzene rings is 1. The van der Waals surface area contributed by atoms with E-state index >= 15 is 0 Å². The molecule has 0 amide bonds. The standard InChI is InChI=1S/C20H33N5O.HI/c1-21-20(22-9-5-6-10-23-15-17-26-18-16-23)25-13-11-24(12-14-25)19-7-3-2-4-8-19;/h2-4,7-8H,5-6,9-18H2,1H3,(H,21,22);1H. The molecule has 0 unspecified atom stereocenters. The predicted octanol–water partition coefficient (Wildman–Crippen LogP) is 2.11. The summed E-state index contributed by atoms with van der Waals surface area (Å²) in [7, 11) is 1.89. The van der Waals surface area contributed by atoms with Gasteiger partial charge in [0.05, 0.1) is 13.2 Å². The first-order valence-electron chi connectivity index (χ1n) is 9.92. The Kier molecular flexibility index (Phi) is 10.2. The molecule has 2 aliphatic rings. The van der Waals surface area contributed by atoms with Crippen molar-refractivity contribution in [3.63, 3.8) is 0 Å². The zero-order chi connectivity index (χ0) is 18.0. The molecule has 2 fully saturated rings. The van der Waals surface area contributed by atoms with Crippen molar-refractivity contribution in [1.29, 1.82) is 0 Å². The maximum atomic E-state index is 5.40. The van der Waals surface area contributed by atoms with Crippen molar-refractivity contribution in [2.24, 2.45) is 4.99 Å². The number of anilines is 1. The number of morpholine rings is 1. The summed E-state index contributed by atoms with van der Waals surface area (Å²) < 4.78 is 5.40. The molecule has 6 nitrogen and oxygen atoms in total. The molecule has 7 heteroatoms. The van der Waals surface area contributed by atoms with Gasteiger partial charge in [0.1, 0.15) is 0 Å². The van der Waals surface area contributed by atoms with Crippen molar-refractivity contribution < 1.29 is 4.74 Å². The van der Waals surface area contributed by atoms with Crippen LogP contribution < -0.4 is 10.2 Å². The topological polar surface area (TPSA) is 43.3 Å². The minimum Gasteiger partial charge on any atom is -0.379 e. The van der Waals surface area contributed by atoms with E-state index in [1.165, 1.54) is 25.1 Å². The molecule has 1 aromatic rings. The van der Waals surface area contributed by atoms with Gasteiger partial charge in [-0.2, -0.15) is 0 Å². The lowest BCUT2D eigenvalue weighted by Crippen LogP contribution is -2.52. The third-order valence-corrected chi connectivity index (χ3v) is 5.20. The number of para-hydroxylation sites is 1. The summed E-state index contributed by atoms with van der Waals surface area (Å²) in [4.78, 5) is 11.8. The SMILES string of the molecule is CN=C(NCCCCN1CCOCC1)N1CCN(c2ccccc2)CC1.I. The van der Waals surface area contributed by atoms with E-state index in [0.717, 1.165) is 65.0 Å². The molecule has 27 heavy (non-hydrogen) atoms. The second kappa shape index (κ2) is 12.4. The van der Waals surface area contributed by atoms with Crippen molar-refractivity contribution in [1.82, 2.24) is 15.1 Å². The second-order valence-electron chi connectivity index (χ2n) is 6.94. The van der Waals surface area contributed by atoms with Gasteiger partial charge in [0.25, 0.3) is 0 Å². The van der Waals surface area contributed by atoms with Gasteiger partial charge in [-0.25, -0.2) is 0 Å². The maximum Gasteiger partial charge on any atom is 0.193 e. The lowest BCUT2D eigenvalue weighted by atomic mass is 10.2. The number of halogens is 1. The van der Waals surface area contributed by atoms with Crippen LogP contribution in [0.15, 0.2) is 35.3 Å². The Hall–Kier alpha value is -1.06. The monoisotopic (exact) mass is 487 g/mol. The van der Waals surface area contributed by atoms with E-state index in [1.54, 1.807) is 0 Å². The molecule has 0 aromatic heterocycles. The van der Waals surface area contributed by atoms with Crippen molar-refractivity contribution in [3.05, 3.63) is 30.3 Å². The molecule has 1 aromatic carbocycles. The number of ether oxygens (including phenoxy) is 1. The second-order valence-corrected chi connectivity index (χ2v) is 6.94. The van der Waals surface area contributed by atoms with Gasteiger partial charge < -0.3 is 19.9 Å². The van der Waals surface area contributed by atoms with Gasteiger partial charge in [-0.1, -0.05) is 18.2 Å². The molecule has 0 saturated carbocycles. The van der Waals surface area contributed by atoms with Crippen LogP contribution >= 0.6 is 24.0 Å². The van der Waals surface area contributed by atoms with Crippen LogP contribution in [0.2, 0.25) is 0 Å². The van der Waals surface area contributed by atoms with Gasteiger partial charge >= 0.3 is 0 Å². The van der Waals surface area contributed by atoms with Gasteiger partial charge in [0.15, 0.2) is 5.96 Å². The highest BCUT2D eigenvalue weighted by Crippen LogP contribution is 2.15. The number of nitrogens with zero attached hydrogens (tertiary/aromatic N) is 4.